The second-order valence-corrected chi connectivity index (χ2v) is 9.42. The van der Waals surface area contributed by atoms with E-state index in [1.165, 1.54) is 12.7 Å². The molecular weight excluding hydrogens is 388 g/mol. The lowest BCUT2D eigenvalue weighted by molar-refractivity contribution is 0.0792. The lowest BCUT2D eigenvalue weighted by Crippen LogP contribution is -2.57. The smallest absolute Gasteiger partial charge is 0.409 e. The number of nitrogens with one attached hydrogen (secondary N) is 1. The van der Waals surface area contributed by atoms with Crippen LogP contribution in [0.1, 0.15) is 24.0 Å². The minimum Gasteiger partial charge on any atom is -0.453 e. The van der Waals surface area contributed by atoms with E-state index < -0.39 is 16.1 Å². The molecule has 0 radical (unpaired) electrons. The highest BCUT2D eigenvalue weighted by molar-refractivity contribution is 7.88. The highest BCUT2D eigenvalue weighted by atomic mass is 32.2. The van der Waals surface area contributed by atoms with E-state index in [-0.39, 0.29) is 12.1 Å². The van der Waals surface area contributed by atoms with Crippen LogP contribution in [-0.2, 0) is 21.2 Å². The number of piperidine rings is 1. The molecule has 156 valence electrons. The van der Waals surface area contributed by atoms with Crippen molar-refractivity contribution in [1.29, 1.82) is 0 Å². The summed E-state index contributed by atoms with van der Waals surface area (Å²) in [5.41, 5.74) is 4.46. The molecular formula is C22H28N2O4S. The quantitative estimate of drug-likeness (QED) is 0.811. The number of hydrogen-bond acceptors (Lipinski definition) is 4. The Labute approximate surface area is 172 Å². The van der Waals surface area contributed by atoms with Gasteiger partial charge in [0.05, 0.1) is 19.4 Å². The average molecular weight is 417 g/mol. The van der Waals surface area contributed by atoms with E-state index in [9.17, 15) is 13.2 Å². The fourth-order valence-corrected chi connectivity index (χ4v) is 4.83. The number of aryl methyl sites for hydroxylation is 1. The van der Waals surface area contributed by atoms with Gasteiger partial charge < -0.3 is 9.64 Å². The van der Waals surface area contributed by atoms with Crippen LogP contribution in [0.5, 0.6) is 0 Å². The molecule has 6 nitrogen and oxygen atoms in total. The molecule has 0 bridgehead atoms. The first-order chi connectivity index (χ1) is 13.8. The topological polar surface area (TPSA) is 75.7 Å². The van der Waals surface area contributed by atoms with Crippen molar-refractivity contribution in [3.05, 3.63) is 59.7 Å². The molecule has 7 heteroatoms. The Morgan fingerprint density at radius 2 is 1.86 bits per heavy atom. The van der Waals surface area contributed by atoms with Crippen LogP contribution < -0.4 is 4.72 Å². The zero-order chi connectivity index (χ0) is 21.0. The van der Waals surface area contributed by atoms with E-state index in [1.807, 2.05) is 18.2 Å². The van der Waals surface area contributed by atoms with Gasteiger partial charge in [0.2, 0.25) is 10.0 Å². The Bertz CT molecular complexity index is 974. The minimum absolute atomic E-state index is 0.307. The number of benzene rings is 2. The summed E-state index contributed by atoms with van der Waals surface area (Å²) in [5.74, 6) is 0. The first-order valence-electron chi connectivity index (χ1n) is 9.75. The van der Waals surface area contributed by atoms with Gasteiger partial charge in [-0.05, 0) is 42.9 Å². The Balaban J connectivity index is 1.90. The van der Waals surface area contributed by atoms with E-state index in [4.69, 9.17) is 4.74 Å². The second kappa shape index (κ2) is 8.97. The molecule has 0 spiro atoms. The van der Waals surface area contributed by atoms with E-state index in [2.05, 4.69) is 42.0 Å². The molecule has 1 heterocycles. The van der Waals surface area contributed by atoms with Crippen LogP contribution in [-0.4, -0.2) is 51.4 Å². The van der Waals surface area contributed by atoms with Crippen molar-refractivity contribution in [2.24, 2.45) is 0 Å². The average Bonchev–Trinajstić information content (AvgIpc) is 2.68. The summed E-state index contributed by atoms with van der Waals surface area (Å²) < 4.78 is 31.4. The number of likely N-dealkylation sites (tertiary alicyclic amines) is 1. The number of hydrogen-bond donors (Lipinski definition) is 1. The van der Waals surface area contributed by atoms with Gasteiger partial charge in [-0.15, -0.1) is 0 Å². The van der Waals surface area contributed by atoms with E-state index >= 15 is 0 Å². The van der Waals surface area contributed by atoms with Crippen molar-refractivity contribution < 1.29 is 17.9 Å². The van der Waals surface area contributed by atoms with E-state index in [1.54, 1.807) is 4.90 Å². The summed E-state index contributed by atoms with van der Waals surface area (Å²) in [6.45, 7) is 2.61. The largest absolute Gasteiger partial charge is 0.453 e. The monoisotopic (exact) mass is 416 g/mol. The van der Waals surface area contributed by atoms with Gasteiger partial charge in [0, 0.05) is 12.6 Å². The minimum atomic E-state index is -3.39. The number of rotatable bonds is 5. The standard InChI is InChI=1S/C22H28N2O4S/c1-16-7-4-9-18(13-16)19-10-5-8-17(14-19)15-21-20(23-29(3,26)27)11-6-12-24(21)22(25)28-2/h4-5,7-10,13-14,20-21,23H,6,11-12,15H2,1-3H3. The predicted octanol–water partition coefficient (Wildman–Crippen LogP) is 3.35. The molecule has 2 aromatic carbocycles. The van der Waals surface area contributed by atoms with Crippen LogP contribution >= 0.6 is 0 Å². The van der Waals surface area contributed by atoms with E-state index in [0.29, 0.717) is 19.4 Å². The molecule has 3 rings (SSSR count). The summed E-state index contributed by atoms with van der Waals surface area (Å²) in [4.78, 5) is 14.0. The summed E-state index contributed by atoms with van der Waals surface area (Å²) >= 11 is 0. The van der Waals surface area contributed by atoms with Crippen LogP contribution in [0, 0.1) is 6.92 Å². The highest BCUT2D eigenvalue weighted by Gasteiger charge is 2.36. The zero-order valence-electron chi connectivity index (χ0n) is 17.1. The van der Waals surface area contributed by atoms with Crippen molar-refractivity contribution in [3.63, 3.8) is 0 Å². The molecule has 0 aromatic heterocycles. The lowest BCUT2D eigenvalue weighted by atomic mass is 9.90. The van der Waals surface area contributed by atoms with Crippen molar-refractivity contribution in [3.8, 4) is 11.1 Å². The third kappa shape index (κ3) is 5.58. The molecule has 0 saturated carbocycles. The summed E-state index contributed by atoms with van der Waals surface area (Å²) in [6, 6.07) is 15.8. The predicted molar refractivity (Wildman–Crippen MR) is 114 cm³/mol. The van der Waals surface area contributed by atoms with Gasteiger partial charge in [-0.1, -0.05) is 54.1 Å². The molecule has 29 heavy (non-hydrogen) atoms. The van der Waals surface area contributed by atoms with Crippen LogP contribution in [0.15, 0.2) is 48.5 Å². The summed E-state index contributed by atoms with van der Waals surface area (Å²) in [7, 11) is -2.04. The van der Waals surface area contributed by atoms with Crippen LogP contribution in [0.25, 0.3) is 11.1 Å². The van der Waals surface area contributed by atoms with Crippen LogP contribution in [0.3, 0.4) is 0 Å². The third-order valence-corrected chi connectivity index (χ3v) is 6.01. The van der Waals surface area contributed by atoms with Crippen molar-refractivity contribution in [2.75, 3.05) is 19.9 Å². The molecule has 2 atom stereocenters. The number of ether oxygens (including phenoxy) is 1. The van der Waals surface area contributed by atoms with Gasteiger partial charge >= 0.3 is 6.09 Å². The normalized spacial score (nSPS) is 19.8. The second-order valence-electron chi connectivity index (χ2n) is 7.64. The molecule has 2 aromatic rings. The molecule has 1 aliphatic rings. The Hall–Kier alpha value is -2.38. The molecule has 1 fully saturated rings. The Morgan fingerprint density at radius 3 is 2.52 bits per heavy atom. The van der Waals surface area contributed by atoms with E-state index in [0.717, 1.165) is 29.4 Å². The number of carbonyl (C=O) groups excluding carboxylic acids is 1. The van der Waals surface area contributed by atoms with Gasteiger partial charge in [0.25, 0.3) is 0 Å². The molecule has 0 aliphatic carbocycles. The molecule has 1 N–H and O–H groups in total. The number of nitrogens with zero attached hydrogens (tertiary/aromatic N) is 1. The maximum atomic E-state index is 12.3. The molecule has 1 amide bonds. The SMILES string of the molecule is COC(=O)N1CCCC(NS(C)(=O)=O)C1Cc1cccc(-c2cccc(C)c2)c1. The summed E-state index contributed by atoms with van der Waals surface area (Å²) in [5, 5.41) is 0. The highest BCUT2D eigenvalue weighted by Crippen LogP contribution is 2.26. The van der Waals surface area contributed by atoms with Gasteiger partial charge in [0.1, 0.15) is 0 Å². The lowest BCUT2D eigenvalue weighted by Gasteiger charge is -2.40. The molecule has 1 aliphatic heterocycles. The van der Waals surface area contributed by atoms with Crippen LogP contribution in [0.4, 0.5) is 4.79 Å². The zero-order valence-corrected chi connectivity index (χ0v) is 17.9. The fourth-order valence-electron chi connectivity index (χ4n) is 4.01. The fraction of sp³-hybridized carbons (Fsp3) is 0.409. The van der Waals surface area contributed by atoms with Gasteiger partial charge in [0.15, 0.2) is 0 Å². The molecule has 1 saturated heterocycles. The Kier molecular flexibility index (Phi) is 6.59. The number of amides is 1. The summed E-state index contributed by atoms with van der Waals surface area (Å²) in [6.07, 6.45) is 2.68. The number of methoxy groups -OCH3 is 1. The molecule has 2 unspecified atom stereocenters. The third-order valence-electron chi connectivity index (χ3n) is 5.28. The maximum Gasteiger partial charge on any atom is 0.409 e. The van der Waals surface area contributed by atoms with Crippen molar-refractivity contribution >= 4 is 16.1 Å². The van der Waals surface area contributed by atoms with Crippen LogP contribution in [0.2, 0.25) is 0 Å². The first kappa shape index (κ1) is 21.3. The van der Waals surface area contributed by atoms with Crippen molar-refractivity contribution in [1.82, 2.24) is 9.62 Å². The van der Waals surface area contributed by atoms with Gasteiger partial charge in [-0.3, -0.25) is 0 Å². The van der Waals surface area contributed by atoms with Gasteiger partial charge in [-0.2, -0.15) is 0 Å². The first-order valence-corrected chi connectivity index (χ1v) is 11.6. The van der Waals surface area contributed by atoms with Gasteiger partial charge in [-0.25, -0.2) is 17.9 Å². The number of sulfonamides is 1. The van der Waals surface area contributed by atoms with Crippen molar-refractivity contribution in [2.45, 2.75) is 38.3 Å². The Morgan fingerprint density at radius 1 is 1.17 bits per heavy atom. The number of carbonyl (C=O) groups is 1. The maximum absolute atomic E-state index is 12.3.